The lowest BCUT2D eigenvalue weighted by molar-refractivity contribution is 0.0972. The molecule has 1 aromatic rings. The first kappa shape index (κ1) is 15.0. The van der Waals surface area contributed by atoms with Gasteiger partial charge in [-0.2, -0.15) is 11.3 Å². The lowest BCUT2D eigenvalue weighted by Gasteiger charge is -2.36. The fourth-order valence-electron chi connectivity index (χ4n) is 2.77. The predicted octanol–water partition coefficient (Wildman–Crippen LogP) is 2.68. The van der Waals surface area contributed by atoms with E-state index in [2.05, 4.69) is 33.7 Å². The molecule has 0 aliphatic carbocycles. The van der Waals surface area contributed by atoms with E-state index in [9.17, 15) is 0 Å². The van der Waals surface area contributed by atoms with Crippen molar-refractivity contribution in [3.05, 3.63) is 22.4 Å². The lowest BCUT2D eigenvalue weighted by Crippen LogP contribution is -2.45. The average molecular weight is 282 g/mol. The van der Waals surface area contributed by atoms with Crippen molar-refractivity contribution in [3.8, 4) is 0 Å². The molecule has 0 aromatic carbocycles. The van der Waals surface area contributed by atoms with Crippen LogP contribution in [0.3, 0.4) is 0 Å². The van der Waals surface area contributed by atoms with E-state index in [0.29, 0.717) is 6.04 Å². The second-order valence-electron chi connectivity index (χ2n) is 5.49. The zero-order valence-electron chi connectivity index (χ0n) is 12.2. The second kappa shape index (κ2) is 8.00. The van der Waals surface area contributed by atoms with E-state index < -0.39 is 0 Å². The fourth-order valence-corrected chi connectivity index (χ4v) is 3.43. The quantitative estimate of drug-likeness (QED) is 0.765. The summed E-state index contributed by atoms with van der Waals surface area (Å²) in [5, 5.41) is 4.42. The molecule has 1 fully saturated rings. The summed E-state index contributed by atoms with van der Waals surface area (Å²) in [6, 6.07) is 2.94. The minimum atomic E-state index is 0.712. The second-order valence-corrected chi connectivity index (χ2v) is 6.27. The average Bonchev–Trinajstić information content (AvgIpc) is 2.91. The molecule has 0 unspecified atom stereocenters. The van der Waals surface area contributed by atoms with Gasteiger partial charge in [0.25, 0.3) is 0 Å². The monoisotopic (exact) mass is 282 g/mol. The molecule has 2 heterocycles. The third-order valence-electron chi connectivity index (χ3n) is 3.99. The molecule has 0 bridgehead atoms. The summed E-state index contributed by atoms with van der Waals surface area (Å²) in [5.74, 6) is 0. The van der Waals surface area contributed by atoms with Crippen LogP contribution in [-0.4, -0.2) is 56.2 Å². The molecule has 2 rings (SSSR count). The van der Waals surface area contributed by atoms with Crippen LogP contribution in [0.4, 0.5) is 0 Å². The highest BCUT2D eigenvalue weighted by Crippen LogP contribution is 2.17. The van der Waals surface area contributed by atoms with Crippen LogP contribution >= 0.6 is 11.3 Å². The van der Waals surface area contributed by atoms with Gasteiger partial charge in [-0.3, -0.25) is 4.90 Å². The van der Waals surface area contributed by atoms with E-state index >= 15 is 0 Å². The Kier molecular flexibility index (Phi) is 6.31. The van der Waals surface area contributed by atoms with Crippen molar-refractivity contribution in [2.24, 2.45) is 0 Å². The summed E-state index contributed by atoms with van der Waals surface area (Å²) in [7, 11) is 4.05. The number of likely N-dealkylation sites (N-methyl/N-ethyl adjacent to an activating group) is 1. The van der Waals surface area contributed by atoms with E-state index in [4.69, 9.17) is 4.74 Å². The van der Waals surface area contributed by atoms with Gasteiger partial charge in [0.15, 0.2) is 0 Å². The Morgan fingerprint density at radius 2 is 2.37 bits per heavy atom. The third kappa shape index (κ3) is 4.88. The van der Waals surface area contributed by atoms with E-state index in [-0.39, 0.29) is 0 Å². The highest BCUT2D eigenvalue weighted by atomic mass is 32.1. The zero-order valence-corrected chi connectivity index (χ0v) is 13.0. The number of nitrogens with zero attached hydrogens (tertiary/aromatic N) is 2. The van der Waals surface area contributed by atoms with E-state index in [1.165, 1.54) is 31.4 Å². The molecule has 108 valence electrons. The maximum Gasteiger partial charge on any atom is 0.0589 e. The standard InChI is InChI=1S/C15H26N2OS/c1-16-7-4-3-5-15(16)12-17(8-9-18-2)11-14-6-10-19-13-14/h6,10,13,15H,3-5,7-9,11-12H2,1-2H3/t15-/m0/s1. The molecular weight excluding hydrogens is 256 g/mol. The molecule has 1 aromatic heterocycles. The number of likely N-dealkylation sites (tertiary alicyclic amines) is 1. The van der Waals surface area contributed by atoms with Crippen molar-refractivity contribution < 1.29 is 4.74 Å². The summed E-state index contributed by atoms with van der Waals surface area (Å²) >= 11 is 1.78. The first-order chi connectivity index (χ1) is 9.29. The summed E-state index contributed by atoms with van der Waals surface area (Å²) in [6.07, 6.45) is 4.07. The Morgan fingerprint density at radius 1 is 1.47 bits per heavy atom. The molecule has 0 amide bonds. The van der Waals surface area contributed by atoms with Crippen molar-refractivity contribution in [1.82, 2.24) is 9.80 Å². The van der Waals surface area contributed by atoms with Gasteiger partial charge >= 0.3 is 0 Å². The maximum absolute atomic E-state index is 5.25. The van der Waals surface area contributed by atoms with Crippen LogP contribution in [0, 0.1) is 0 Å². The topological polar surface area (TPSA) is 15.7 Å². The molecule has 0 saturated carbocycles. The van der Waals surface area contributed by atoms with Gasteiger partial charge < -0.3 is 9.64 Å². The molecule has 1 aliphatic rings. The molecule has 1 saturated heterocycles. The minimum Gasteiger partial charge on any atom is -0.383 e. The van der Waals surface area contributed by atoms with Gasteiger partial charge in [-0.25, -0.2) is 0 Å². The van der Waals surface area contributed by atoms with Gasteiger partial charge in [0, 0.05) is 32.8 Å². The Morgan fingerprint density at radius 3 is 3.05 bits per heavy atom. The van der Waals surface area contributed by atoms with Crippen LogP contribution in [0.15, 0.2) is 16.8 Å². The SMILES string of the molecule is COCCN(Cc1ccsc1)C[C@@H]1CCCCN1C. The summed E-state index contributed by atoms with van der Waals surface area (Å²) in [6.45, 7) is 5.31. The highest BCUT2D eigenvalue weighted by molar-refractivity contribution is 7.07. The first-order valence-electron chi connectivity index (χ1n) is 7.22. The Balaban J connectivity index is 1.88. The number of thiophene rings is 1. The van der Waals surface area contributed by atoms with Crippen LogP contribution in [0.1, 0.15) is 24.8 Å². The molecule has 3 nitrogen and oxygen atoms in total. The first-order valence-corrected chi connectivity index (χ1v) is 8.16. The number of piperidine rings is 1. The molecule has 0 N–H and O–H groups in total. The van der Waals surface area contributed by atoms with Gasteiger partial charge in [0.05, 0.1) is 6.61 Å². The van der Waals surface area contributed by atoms with Crippen LogP contribution in [0.25, 0.3) is 0 Å². The minimum absolute atomic E-state index is 0.712. The lowest BCUT2D eigenvalue weighted by atomic mass is 10.0. The van der Waals surface area contributed by atoms with Gasteiger partial charge in [-0.1, -0.05) is 6.42 Å². The van der Waals surface area contributed by atoms with Crippen molar-refractivity contribution in [3.63, 3.8) is 0 Å². The normalized spacial score (nSPS) is 21.1. The molecule has 0 spiro atoms. The number of rotatable bonds is 7. The summed E-state index contributed by atoms with van der Waals surface area (Å²) in [5.41, 5.74) is 1.43. The van der Waals surface area contributed by atoms with Crippen molar-refractivity contribution in [2.45, 2.75) is 31.8 Å². The molecule has 4 heteroatoms. The van der Waals surface area contributed by atoms with Gasteiger partial charge in [0.2, 0.25) is 0 Å². The fraction of sp³-hybridized carbons (Fsp3) is 0.733. The molecule has 1 atom stereocenters. The van der Waals surface area contributed by atoms with Crippen molar-refractivity contribution in [2.75, 3.05) is 40.4 Å². The Hall–Kier alpha value is -0.420. The number of hydrogen-bond donors (Lipinski definition) is 0. The van der Waals surface area contributed by atoms with Gasteiger partial charge in [-0.05, 0) is 48.8 Å². The Bertz CT molecular complexity index is 342. The molecular formula is C15H26N2OS. The molecule has 19 heavy (non-hydrogen) atoms. The van der Waals surface area contributed by atoms with E-state index in [0.717, 1.165) is 26.2 Å². The zero-order chi connectivity index (χ0) is 13.5. The van der Waals surface area contributed by atoms with Crippen LogP contribution in [-0.2, 0) is 11.3 Å². The number of ether oxygens (including phenoxy) is 1. The predicted molar refractivity (Wildman–Crippen MR) is 81.7 cm³/mol. The van der Waals surface area contributed by atoms with Crippen LogP contribution in [0.5, 0.6) is 0 Å². The van der Waals surface area contributed by atoms with Gasteiger partial charge in [0.1, 0.15) is 0 Å². The van der Waals surface area contributed by atoms with Crippen molar-refractivity contribution in [1.29, 1.82) is 0 Å². The van der Waals surface area contributed by atoms with E-state index in [1.54, 1.807) is 18.4 Å². The van der Waals surface area contributed by atoms with Crippen LogP contribution < -0.4 is 0 Å². The molecule has 0 radical (unpaired) electrons. The smallest absolute Gasteiger partial charge is 0.0589 e. The molecule has 1 aliphatic heterocycles. The summed E-state index contributed by atoms with van der Waals surface area (Å²) in [4.78, 5) is 5.06. The maximum atomic E-state index is 5.25. The summed E-state index contributed by atoms with van der Waals surface area (Å²) < 4.78 is 5.25. The number of hydrogen-bond acceptors (Lipinski definition) is 4. The van der Waals surface area contributed by atoms with Crippen LogP contribution in [0.2, 0.25) is 0 Å². The van der Waals surface area contributed by atoms with Gasteiger partial charge in [-0.15, -0.1) is 0 Å². The third-order valence-corrected chi connectivity index (χ3v) is 4.72. The largest absolute Gasteiger partial charge is 0.383 e. The Labute approximate surface area is 121 Å². The van der Waals surface area contributed by atoms with E-state index in [1.807, 2.05) is 0 Å². The van der Waals surface area contributed by atoms with Crippen molar-refractivity contribution >= 4 is 11.3 Å². The number of methoxy groups -OCH3 is 1. The highest BCUT2D eigenvalue weighted by Gasteiger charge is 2.21.